The van der Waals surface area contributed by atoms with Crippen LogP contribution in [0.1, 0.15) is 26.3 Å². The second kappa shape index (κ2) is 6.54. The molecule has 0 spiro atoms. The first-order valence-corrected chi connectivity index (χ1v) is 6.21. The molecule has 0 fully saturated rings. The smallest absolute Gasteiger partial charge is 0.327 e. The molecule has 5 nitrogen and oxygen atoms in total. The number of nitrogens with one attached hydrogen (secondary N) is 1. The maximum atomic E-state index is 11.3. The summed E-state index contributed by atoms with van der Waals surface area (Å²) in [6, 6.07) is 7.05. The van der Waals surface area contributed by atoms with Crippen LogP contribution in [-0.2, 0) is 11.4 Å². The molecule has 0 bridgehead atoms. The van der Waals surface area contributed by atoms with E-state index in [1.54, 1.807) is 31.2 Å². The van der Waals surface area contributed by atoms with Gasteiger partial charge in [0.15, 0.2) is 0 Å². The third-order valence-electron chi connectivity index (χ3n) is 2.74. The molecule has 0 aromatic heterocycles. The summed E-state index contributed by atoms with van der Waals surface area (Å²) in [5.74, 6) is -0.467. The van der Waals surface area contributed by atoms with Crippen LogP contribution in [0, 0.1) is 0 Å². The number of aliphatic hydroxyl groups is 1. The first-order valence-electron chi connectivity index (χ1n) is 6.21. The van der Waals surface area contributed by atoms with Gasteiger partial charge in [0.1, 0.15) is 17.9 Å². The zero-order chi connectivity index (χ0) is 14.5. The highest BCUT2D eigenvalue weighted by Crippen LogP contribution is 2.19. The number of carbonyl (C=O) groups is 1. The SMILES string of the molecule is CC(C)NC(C)(COc1ccccc1CO)C(=O)O. The number of hydrogen-bond donors (Lipinski definition) is 3. The maximum Gasteiger partial charge on any atom is 0.327 e. The zero-order valence-electron chi connectivity index (χ0n) is 11.5. The molecule has 1 aromatic carbocycles. The first-order chi connectivity index (χ1) is 8.89. The van der Waals surface area contributed by atoms with E-state index >= 15 is 0 Å². The van der Waals surface area contributed by atoms with Gasteiger partial charge in [0.25, 0.3) is 0 Å². The molecular weight excluding hydrogens is 246 g/mol. The summed E-state index contributed by atoms with van der Waals surface area (Å²) in [4.78, 5) is 11.3. The van der Waals surface area contributed by atoms with Gasteiger partial charge in [0.05, 0.1) is 6.61 Å². The number of ether oxygens (including phenoxy) is 1. The van der Waals surface area contributed by atoms with E-state index in [0.717, 1.165) is 0 Å². The Morgan fingerprint density at radius 3 is 2.58 bits per heavy atom. The molecular formula is C14H21NO4. The molecule has 3 N–H and O–H groups in total. The number of rotatable bonds is 7. The molecule has 0 aliphatic rings. The van der Waals surface area contributed by atoms with Gasteiger partial charge in [-0.3, -0.25) is 10.1 Å². The third-order valence-corrected chi connectivity index (χ3v) is 2.74. The fraction of sp³-hybridized carbons (Fsp3) is 0.500. The summed E-state index contributed by atoms with van der Waals surface area (Å²) in [5, 5.41) is 21.5. The lowest BCUT2D eigenvalue weighted by atomic mass is 10.0. The van der Waals surface area contributed by atoms with Crippen molar-refractivity contribution < 1.29 is 19.7 Å². The van der Waals surface area contributed by atoms with Gasteiger partial charge in [-0.15, -0.1) is 0 Å². The maximum absolute atomic E-state index is 11.3. The minimum Gasteiger partial charge on any atom is -0.491 e. The normalized spacial score (nSPS) is 14.2. The number of aliphatic hydroxyl groups excluding tert-OH is 1. The van der Waals surface area contributed by atoms with Crippen LogP contribution >= 0.6 is 0 Å². The highest BCUT2D eigenvalue weighted by molar-refractivity contribution is 5.78. The van der Waals surface area contributed by atoms with Crippen molar-refractivity contribution in [2.24, 2.45) is 0 Å². The van der Waals surface area contributed by atoms with Crippen molar-refractivity contribution in [1.82, 2.24) is 5.32 Å². The van der Waals surface area contributed by atoms with Crippen LogP contribution in [0.3, 0.4) is 0 Å². The summed E-state index contributed by atoms with van der Waals surface area (Å²) in [7, 11) is 0. The minimum atomic E-state index is -1.17. The predicted molar refractivity (Wildman–Crippen MR) is 72.2 cm³/mol. The molecule has 1 rings (SSSR count). The summed E-state index contributed by atoms with van der Waals surface area (Å²) in [6.45, 7) is 5.18. The van der Waals surface area contributed by atoms with Crippen LogP contribution in [-0.4, -0.2) is 34.4 Å². The zero-order valence-corrected chi connectivity index (χ0v) is 11.5. The van der Waals surface area contributed by atoms with Crippen molar-refractivity contribution in [3.8, 4) is 5.75 Å². The Hall–Kier alpha value is -1.59. The van der Waals surface area contributed by atoms with E-state index in [0.29, 0.717) is 11.3 Å². The van der Waals surface area contributed by atoms with Gasteiger partial charge in [-0.25, -0.2) is 0 Å². The van der Waals surface area contributed by atoms with Gasteiger partial charge in [-0.05, 0) is 26.8 Å². The van der Waals surface area contributed by atoms with Crippen LogP contribution < -0.4 is 10.1 Å². The van der Waals surface area contributed by atoms with Crippen molar-refractivity contribution >= 4 is 5.97 Å². The monoisotopic (exact) mass is 267 g/mol. The Balaban J connectivity index is 2.79. The second-order valence-corrected chi connectivity index (χ2v) is 4.99. The predicted octanol–water partition coefficient (Wildman–Crippen LogP) is 1.40. The van der Waals surface area contributed by atoms with E-state index < -0.39 is 11.5 Å². The van der Waals surface area contributed by atoms with Crippen molar-refractivity contribution in [3.05, 3.63) is 29.8 Å². The molecule has 0 aliphatic heterocycles. The van der Waals surface area contributed by atoms with Crippen LogP contribution in [0.15, 0.2) is 24.3 Å². The average Bonchev–Trinajstić information content (AvgIpc) is 2.35. The molecule has 5 heteroatoms. The van der Waals surface area contributed by atoms with E-state index in [9.17, 15) is 15.0 Å². The minimum absolute atomic E-state index is 0.0163. The number of hydrogen-bond acceptors (Lipinski definition) is 4. The highest BCUT2D eigenvalue weighted by Gasteiger charge is 2.34. The first kappa shape index (κ1) is 15.5. The van der Waals surface area contributed by atoms with E-state index in [1.807, 2.05) is 13.8 Å². The van der Waals surface area contributed by atoms with Gasteiger partial charge < -0.3 is 14.9 Å². The fourth-order valence-corrected chi connectivity index (χ4v) is 1.80. The third kappa shape index (κ3) is 4.22. The largest absolute Gasteiger partial charge is 0.491 e. The molecule has 1 atom stereocenters. The summed E-state index contributed by atoms with van der Waals surface area (Å²) in [6.07, 6.45) is 0. The van der Waals surface area contributed by atoms with E-state index in [2.05, 4.69) is 5.32 Å². The van der Waals surface area contributed by atoms with Gasteiger partial charge in [-0.2, -0.15) is 0 Å². The number of aliphatic carboxylic acids is 1. The topological polar surface area (TPSA) is 78.8 Å². The Morgan fingerprint density at radius 1 is 1.42 bits per heavy atom. The number of carboxylic acid groups (broad SMARTS) is 1. The molecule has 0 saturated carbocycles. The molecule has 106 valence electrons. The Kier molecular flexibility index (Phi) is 5.32. The fourth-order valence-electron chi connectivity index (χ4n) is 1.80. The molecule has 0 heterocycles. The highest BCUT2D eigenvalue weighted by atomic mass is 16.5. The lowest BCUT2D eigenvalue weighted by molar-refractivity contribution is -0.145. The molecule has 0 saturated heterocycles. The molecule has 0 amide bonds. The standard InChI is InChI=1S/C14H21NO4/c1-10(2)15-14(3,13(17)18)9-19-12-7-5-4-6-11(12)8-16/h4-7,10,15-16H,8-9H2,1-3H3,(H,17,18). The summed E-state index contributed by atoms with van der Waals surface area (Å²) < 4.78 is 5.55. The van der Waals surface area contributed by atoms with Crippen LogP contribution in [0.2, 0.25) is 0 Å². The van der Waals surface area contributed by atoms with Gasteiger partial charge in [0, 0.05) is 11.6 Å². The number of para-hydroxylation sites is 1. The average molecular weight is 267 g/mol. The van der Waals surface area contributed by atoms with E-state index in [1.165, 1.54) is 0 Å². The molecule has 0 radical (unpaired) electrons. The van der Waals surface area contributed by atoms with Crippen molar-refractivity contribution in [3.63, 3.8) is 0 Å². The summed E-state index contributed by atoms with van der Waals surface area (Å²) >= 11 is 0. The van der Waals surface area contributed by atoms with Crippen LogP contribution in [0.25, 0.3) is 0 Å². The van der Waals surface area contributed by atoms with Crippen LogP contribution in [0.5, 0.6) is 5.75 Å². The van der Waals surface area contributed by atoms with E-state index in [4.69, 9.17) is 4.74 Å². The molecule has 1 unspecified atom stereocenters. The van der Waals surface area contributed by atoms with Crippen molar-refractivity contribution in [1.29, 1.82) is 0 Å². The lowest BCUT2D eigenvalue weighted by Crippen LogP contribution is -2.56. The number of benzene rings is 1. The van der Waals surface area contributed by atoms with Crippen LogP contribution in [0.4, 0.5) is 0 Å². The number of carboxylic acids is 1. The van der Waals surface area contributed by atoms with Gasteiger partial charge in [-0.1, -0.05) is 18.2 Å². The lowest BCUT2D eigenvalue weighted by Gasteiger charge is -2.28. The van der Waals surface area contributed by atoms with Gasteiger partial charge in [0.2, 0.25) is 0 Å². The molecule has 19 heavy (non-hydrogen) atoms. The van der Waals surface area contributed by atoms with Gasteiger partial charge >= 0.3 is 5.97 Å². The second-order valence-electron chi connectivity index (χ2n) is 4.99. The Bertz CT molecular complexity index is 433. The molecule has 1 aromatic rings. The Labute approximate surface area is 113 Å². The van der Waals surface area contributed by atoms with Crippen molar-refractivity contribution in [2.75, 3.05) is 6.61 Å². The quantitative estimate of drug-likeness (QED) is 0.696. The Morgan fingerprint density at radius 2 is 2.05 bits per heavy atom. The molecule has 0 aliphatic carbocycles. The van der Waals surface area contributed by atoms with Crippen molar-refractivity contribution in [2.45, 2.75) is 39.0 Å². The van der Waals surface area contributed by atoms with E-state index in [-0.39, 0.29) is 19.3 Å². The summed E-state index contributed by atoms with van der Waals surface area (Å²) in [5.41, 5.74) is -0.531.